The SMILES string of the molecule is CCC(=O)N=C1[C@H](C)C[C@@]2(C)OC/C(=N/OCc3ccc(-c4nc(NP(C)(=O)O)cs4)cn3)CO[C@H]([C@H]1C)[C@](C)(O)[C@@H](CC)OC(=O)[C@@](C)(F)C(=O)[C@H](C)[C@H]2O[C@@H]1O[C@H](C)C[C@H](N(C)C)[C@H]1O. The van der Waals surface area contributed by atoms with Crippen LogP contribution >= 0.6 is 18.9 Å². The number of ether oxygens (including phenoxy) is 5. The highest BCUT2D eigenvalue weighted by Crippen LogP contribution is 2.42. The number of nitrogens with zero attached hydrogens (tertiary/aromatic N) is 5. The van der Waals surface area contributed by atoms with Crippen molar-refractivity contribution in [2.45, 2.75) is 154 Å². The van der Waals surface area contributed by atoms with Crippen LogP contribution in [0.1, 0.15) is 93.7 Å². The molecule has 3 saturated heterocycles. The number of alkyl halides is 1. The molecule has 19 nitrogen and oxygen atoms in total. The van der Waals surface area contributed by atoms with E-state index in [4.69, 9.17) is 28.5 Å². The average molecular weight is 983 g/mol. The quantitative estimate of drug-likeness (QED) is 0.0959. The number of halogens is 1. The van der Waals surface area contributed by atoms with Crippen LogP contribution in [-0.4, -0.2) is 153 Å². The molecule has 3 aliphatic rings. The first kappa shape index (κ1) is 54.3. The van der Waals surface area contributed by atoms with Gasteiger partial charge in [0, 0.05) is 53.8 Å². The number of aliphatic hydroxyl groups is 2. The number of hydrogen-bond acceptors (Lipinski definition) is 17. The van der Waals surface area contributed by atoms with Gasteiger partial charge in [0.15, 0.2) is 18.7 Å². The van der Waals surface area contributed by atoms with Crippen molar-refractivity contribution in [3.05, 3.63) is 29.4 Å². The molecule has 5 rings (SSSR count). The number of anilines is 1. The third-order valence-electron chi connectivity index (χ3n) is 12.7. The molecule has 0 radical (unpaired) electrons. The molecule has 3 fully saturated rings. The summed E-state index contributed by atoms with van der Waals surface area (Å²) in [5.41, 5.74) is -5.34. The molecule has 14 atom stereocenters. The second-order valence-electron chi connectivity index (χ2n) is 18.8. The number of pyridine rings is 1. The molecule has 2 aromatic rings. The topological polar surface area (TPSA) is 250 Å². The lowest BCUT2D eigenvalue weighted by atomic mass is 9.73. The number of thiazole rings is 1. The Bertz CT molecular complexity index is 2170. The maximum Gasteiger partial charge on any atom is 0.351 e. The van der Waals surface area contributed by atoms with Crippen LogP contribution in [0, 0.1) is 17.8 Å². The molecule has 0 aromatic carbocycles. The van der Waals surface area contributed by atoms with Crippen molar-refractivity contribution in [1.82, 2.24) is 14.9 Å². The Morgan fingerprint density at radius 2 is 1.82 bits per heavy atom. The van der Waals surface area contributed by atoms with Gasteiger partial charge in [-0.05, 0) is 79.1 Å². The van der Waals surface area contributed by atoms with Gasteiger partial charge in [0.1, 0.15) is 34.3 Å². The molecule has 1 amide bonds. The molecule has 22 heteroatoms. The molecule has 2 bridgehead atoms. The molecular formula is C45H68FN6O13PS. The molecular weight excluding hydrogens is 915 g/mol. The van der Waals surface area contributed by atoms with Gasteiger partial charge in [-0.15, -0.1) is 11.3 Å². The summed E-state index contributed by atoms with van der Waals surface area (Å²) in [6, 6.07) is 3.03. The van der Waals surface area contributed by atoms with Crippen LogP contribution in [0.2, 0.25) is 0 Å². The van der Waals surface area contributed by atoms with Crippen molar-refractivity contribution in [3.8, 4) is 10.6 Å². The van der Waals surface area contributed by atoms with E-state index in [0.717, 1.165) is 6.92 Å². The van der Waals surface area contributed by atoms with Gasteiger partial charge in [0.2, 0.25) is 5.91 Å². The summed E-state index contributed by atoms with van der Waals surface area (Å²) in [6.07, 6.45) is -5.11. The fraction of sp³-hybridized carbons (Fsp3) is 0.711. The lowest BCUT2D eigenvalue weighted by molar-refractivity contribution is -0.296. The molecule has 0 aliphatic carbocycles. The zero-order valence-corrected chi connectivity index (χ0v) is 42.1. The molecule has 4 N–H and O–H groups in total. The number of aromatic nitrogens is 2. The van der Waals surface area contributed by atoms with Crippen LogP contribution in [0.5, 0.6) is 0 Å². The molecule has 3 aliphatic heterocycles. The summed E-state index contributed by atoms with van der Waals surface area (Å²) in [7, 11) is 0.0584. The average Bonchev–Trinajstić information content (AvgIpc) is 3.71. The molecule has 2 aromatic heterocycles. The monoisotopic (exact) mass is 982 g/mol. The van der Waals surface area contributed by atoms with Gasteiger partial charge in [-0.1, -0.05) is 39.8 Å². The standard InChI is InChI=1S/C45H68FN6O13PS/c1-13-32-45(9,57)39-26(5)35(49-34(53)14-2)24(3)18-43(7,38(27(6)37(55)44(8,46)42(56)64-32)65-41-36(54)31(52(10)11)17-25(4)63-41)61-21-30(20-60-39)50-62-22-29-16-15-28(19-47-29)40-48-33(23-67-40)51-66(12,58)59/h15-16,19,23-27,31-32,36,38-39,41,54,57H,13-14,17-18,20-22H2,1-12H3,(H2,51,58,59)/b49-35?,50-30+/t24-,25-,26+,27+,31+,32-,36-,38-,39-,41+,43-,44+,45-/m1/s1. The number of likely N-dealkylation sites (N-methyl/N-ethyl adjacent to an activating group) is 1. The Morgan fingerprint density at radius 3 is 2.43 bits per heavy atom. The van der Waals surface area contributed by atoms with E-state index in [1.54, 1.807) is 65.5 Å². The fourth-order valence-corrected chi connectivity index (χ4v) is 10.5. The van der Waals surface area contributed by atoms with Crippen LogP contribution < -0.4 is 5.09 Å². The minimum absolute atomic E-state index is 0.0245. The van der Waals surface area contributed by atoms with Crippen LogP contribution in [0.15, 0.2) is 33.9 Å². The third kappa shape index (κ3) is 13.0. The summed E-state index contributed by atoms with van der Waals surface area (Å²) in [4.78, 5) is 72.4. The largest absolute Gasteiger partial charge is 0.457 e. The van der Waals surface area contributed by atoms with E-state index in [1.165, 1.54) is 31.8 Å². The fourth-order valence-electron chi connectivity index (χ4n) is 9.15. The van der Waals surface area contributed by atoms with E-state index in [1.807, 2.05) is 18.7 Å². The third-order valence-corrected chi connectivity index (χ3v) is 14.3. The Kier molecular flexibility index (Phi) is 17.8. The van der Waals surface area contributed by atoms with E-state index in [9.17, 15) is 34.1 Å². The molecule has 374 valence electrons. The minimum Gasteiger partial charge on any atom is -0.457 e. The van der Waals surface area contributed by atoms with Gasteiger partial charge < -0.3 is 48.5 Å². The molecule has 67 heavy (non-hydrogen) atoms. The van der Waals surface area contributed by atoms with E-state index in [-0.39, 0.29) is 50.6 Å². The highest BCUT2D eigenvalue weighted by Gasteiger charge is 2.56. The maximum atomic E-state index is 17.0. The van der Waals surface area contributed by atoms with Crippen LogP contribution in [0.3, 0.4) is 0 Å². The summed E-state index contributed by atoms with van der Waals surface area (Å²) < 4.78 is 60.8. The van der Waals surface area contributed by atoms with Gasteiger partial charge in [0.05, 0.1) is 42.8 Å². The van der Waals surface area contributed by atoms with Crippen molar-refractivity contribution in [2.75, 3.05) is 39.1 Å². The second kappa shape index (κ2) is 22.0. The number of aliphatic hydroxyl groups excluding tert-OH is 1. The number of esters is 1. The molecule has 0 saturated carbocycles. The number of aliphatic imine (C=N–C) groups is 1. The first-order chi connectivity index (χ1) is 31.2. The zero-order valence-electron chi connectivity index (χ0n) is 40.4. The normalized spacial score (nSPS) is 37.0. The van der Waals surface area contributed by atoms with E-state index in [2.05, 4.69) is 25.2 Å². The Hall–Kier alpha value is -3.63. The van der Waals surface area contributed by atoms with Crippen molar-refractivity contribution in [2.24, 2.45) is 27.9 Å². The predicted octanol–water partition coefficient (Wildman–Crippen LogP) is 5.35. The zero-order chi connectivity index (χ0) is 49.8. The highest BCUT2D eigenvalue weighted by molar-refractivity contribution is 7.58. The first-order valence-corrected chi connectivity index (χ1v) is 25.6. The number of fused-ring (bicyclic) bond motifs is 5. The number of hydrogen-bond donors (Lipinski definition) is 4. The van der Waals surface area contributed by atoms with Gasteiger partial charge >= 0.3 is 5.97 Å². The van der Waals surface area contributed by atoms with Gasteiger partial charge in [-0.25, -0.2) is 19.2 Å². The van der Waals surface area contributed by atoms with E-state index < -0.39 is 103 Å². The number of Topliss-reactive ketones (excluding diaryl/α,β-unsaturated/α-hetero) is 1. The number of amides is 1. The van der Waals surface area contributed by atoms with E-state index >= 15 is 4.39 Å². The minimum atomic E-state index is -3.55. The number of oxime groups is 1. The number of nitrogens with one attached hydrogen (secondary N) is 1. The van der Waals surface area contributed by atoms with Gasteiger partial charge in [0.25, 0.3) is 13.2 Å². The lowest BCUT2D eigenvalue weighted by Gasteiger charge is -2.47. The summed E-state index contributed by atoms with van der Waals surface area (Å²) in [5.74, 6) is -5.91. The first-order valence-electron chi connectivity index (χ1n) is 22.6. The van der Waals surface area contributed by atoms with Crippen LogP contribution in [-0.2, 0) is 54.1 Å². The number of carbonyl (C=O) groups excluding carboxylic acids is 3. The maximum absolute atomic E-state index is 17.0. The number of rotatable bonds is 11. The van der Waals surface area contributed by atoms with Crippen molar-refractivity contribution in [1.29, 1.82) is 0 Å². The van der Waals surface area contributed by atoms with E-state index in [0.29, 0.717) is 28.4 Å². The van der Waals surface area contributed by atoms with Crippen molar-refractivity contribution in [3.63, 3.8) is 0 Å². The smallest absolute Gasteiger partial charge is 0.351 e. The van der Waals surface area contributed by atoms with Crippen molar-refractivity contribution >= 4 is 53.8 Å². The highest BCUT2D eigenvalue weighted by atomic mass is 32.1. The summed E-state index contributed by atoms with van der Waals surface area (Å²) in [6.45, 7) is 14.3. The summed E-state index contributed by atoms with van der Waals surface area (Å²) in [5, 5.41) is 33.3. The molecule has 5 heterocycles. The molecule has 1 unspecified atom stereocenters. The number of cyclic esters (lactones) is 1. The van der Waals surface area contributed by atoms with Crippen LogP contribution in [0.4, 0.5) is 10.2 Å². The Balaban J connectivity index is 1.62. The summed E-state index contributed by atoms with van der Waals surface area (Å²) >= 11 is 1.26. The Labute approximate surface area is 395 Å². The Morgan fingerprint density at radius 1 is 1.12 bits per heavy atom. The second-order valence-corrected chi connectivity index (χ2v) is 21.7. The number of carbonyl (C=O) groups is 3. The van der Waals surface area contributed by atoms with Gasteiger partial charge in [-0.3, -0.25) is 24.2 Å². The van der Waals surface area contributed by atoms with Crippen LogP contribution in [0.25, 0.3) is 10.6 Å². The van der Waals surface area contributed by atoms with Gasteiger partial charge in [-0.2, -0.15) is 0 Å². The predicted molar refractivity (Wildman–Crippen MR) is 249 cm³/mol. The number of ketones is 1. The van der Waals surface area contributed by atoms with Crippen molar-refractivity contribution < 1.29 is 67.0 Å². The molecule has 0 spiro atoms. The lowest BCUT2D eigenvalue weighted by Crippen LogP contribution is -2.61.